The van der Waals surface area contributed by atoms with Gasteiger partial charge in [0.25, 0.3) is 0 Å². The second-order valence-electron chi connectivity index (χ2n) is 5.20. The highest BCUT2D eigenvalue weighted by Gasteiger charge is 2.16. The Bertz CT molecular complexity index is 515. The fraction of sp³-hybridized carbons (Fsp3) is 0.533. The van der Waals surface area contributed by atoms with Gasteiger partial charge in [0.1, 0.15) is 17.6 Å². The molecule has 0 aromatic carbocycles. The molecule has 1 fully saturated rings. The van der Waals surface area contributed by atoms with E-state index < -0.39 is 0 Å². The molecule has 0 spiro atoms. The van der Waals surface area contributed by atoms with E-state index in [1.165, 1.54) is 12.8 Å². The molecule has 0 atom stereocenters. The van der Waals surface area contributed by atoms with Crippen LogP contribution in [0.1, 0.15) is 43.4 Å². The summed E-state index contributed by atoms with van der Waals surface area (Å²) in [6, 6.07) is 6.10. The average Bonchev–Trinajstić information content (AvgIpc) is 2.93. The Kier molecular flexibility index (Phi) is 4.94. The van der Waals surface area contributed by atoms with E-state index >= 15 is 0 Å². The summed E-state index contributed by atoms with van der Waals surface area (Å²) in [6.45, 7) is 2.38. The predicted octanol–water partition coefficient (Wildman–Crippen LogP) is 2.12. The second kappa shape index (κ2) is 6.90. The van der Waals surface area contributed by atoms with Gasteiger partial charge in [-0.25, -0.2) is 4.98 Å². The largest absolute Gasteiger partial charge is 0.370 e. The Hall–Kier alpha value is -2.09. The van der Waals surface area contributed by atoms with E-state index in [1.54, 1.807) is 0 Å². The second-order valence-corrected chi connectivity index (χ2v) is 5.20. The number of aromatic nitrogens is 1. The van der Waals surface area contributed by atoms with E-state index in [-0.39, 0.29) is 5.91 Å². The first-order chi connectivity index (χ1) is 9.69. The number of nitrogens with one attached hydrogen (secondary N) is 2. The van der Waals surface area contributed by atoms with Crippen LogP contribution in [-0.4, -0.2) is 23.5 Å². The van der Waals surface area contributed by atoms with E-state index in [1.807, 2.05) is 19.1 Å². The molecule has 20 heavy (non-hydrogen) atoms. The summed E-state index contributed by atoms with van der Waals surface area (Å²) in [5, 5.41) is 15.0. The van der Waals surface area contributed by atoms with Gasteiger partial charge >= 0.3 is 0 Å². The first kappa shape index (κ1) is 14.3. The summed E-state index contributed by atoms with van der Waals surface area (Å²) in [5.41, 5.74) is 1.28. The van der Waals surface area contributed by atoms with Gasteiger partial charge in [0, 0.05) is 19.0 Å². The van der Waals surface area contributed by atoms with E-state index in [4.69, 9.17) is 5.26 Å². The number of anilines is 1. The topological polar surface area (TPSA) is 77.8 Å². The number of carbonyl (C=O) groups is 1. The molecular weight excluding hydrogens is 252 g/mol. The third kappa shape index (κ3) is 3.95. The van der Waals surface area contributed by atoms with E-state index in [0.29, 0.717) is 30.5 Å². The van der Waals surface area contributed by atoms with Gasteiger partial charge in [-0.15, -0.1) is 0 Å². The third-order valence-corrected chi connectivity index (χ3v) is 3.58. The number of nitrogens with zero attached hydrogens (tertiary/aromatic N) is 2. The number of carbonyl (C=O) groups excluding carboxylic acids is 1. The fourth-order valence-corrected chi connectivity index (χ4v) is 2.41. The molecule has 0 radical (unpaired) electrons. The zero-order chi connectivity index (χ0) is 14.4. The Labute approximate surface area is 119 Å². The van der Waals surface area contributed by atoms with Crippen molar-refractivity contribution < 1.29 is 4.79 Å². The molecule has 0 aliphatic heterocycles. The highest BCUT2D eigenvalue weighted by Crippen LogP contribution is 2.17. The predicted molar refractivity (Wildman–Crippen MR) is 77.2 cm³/mol. The van der Waals surface area contributed by atoms with E-state index in [9.17, 15) is 4.79 Å². The molecule has 0 unspecified atom stereocenters. The lowest BCUT2D eigenvalue weighted by atomic mass is 10.2. The molecular formula is C15H20N4O. The minimum absolute atomic E-state index is 0.0806. The van der Waals surface area contributed by atoms with Crippen LogP contribution in [0.4, 0.5) is 5.82 Å². The van der Waals surface area contributed by atoms with Gasteiger partial charge < -0.3 is 10.6 Å². The molecule has 5 heteroatoms. The van der Waals surface area contributed by atoms with Crippen molar-refractivity contribution in [2.45, 2.75) is 45.1 Å². The summed E-state index contributed by atoms with van der Waals surface area (Å²) in [7, 11) is 0. The molecule has 0 bridgehead atoms. The molecule has 1 aromatic rings. The van der Waals surface area contributed by atoms with Crippen LogP contribution in [0.25, 0.3) is 0 Å². The molecule has 5 nitrogen and oxygen atoms in total. The van der Waals surface area contributed by atoms with Crippen molar-refractivity contribution in [1.29, 1.82) is 5.26 Å². The minimum atomic E-state index is 0.0806. The van der Waals surface area contributed by atoms with Crippen molar-refractivity contribution in [3.63, 3.8) is 0 Å². The molecule has 0 saturated heterocycles. The molecule has 1 amide bonds. The summed E-state index contributed by atoms with van der Waals surface area (Å²) in [6.07, 6.45) is 5.06. The minimum Gasteiger partial charge on any atom is -0.370 e. The quantitative estimate of drug-likeness (QED) is 0.860. The van der Waals surface area contributed by atoms with Crippen molar-refractivity contribution in [3.8, 4) is 6.07 Å². The molecule has 106 valence electrons. The maximum Gasteiger partial charge on any atom is 0.221 e. The number of aryl methyl sites for hydroxylation is 1. The number of rotatable bonds is 5. The Morgan fingerprint density at radius 2 is 2.20 bits per heavy atom. The first-order valence-electron chi connectivity index (χ1n) is 7.10. The van der Waals surface area contributed by atoms with Gasteiger partial charge in [-0.3, -0.25) is 4.79 Å². The summed E-state index contributed by atoms with van der Waals surface area (Å²) in [5.74, 6) is 0.720. The van der Waals surface area contributed by atoms with E-state index in [0.717, 1.165) is 18.4 Å². The van der Waals surface area contributed by atoms with Crippen LogP contribution >= 0.6 is 0 Å². The highest BCUT2D eigenvalue weighted by molar-refractivity contribution is 5.76. The molecule has 1 aliphatic rings. The standard InChI is InChI=1S/C15H20N4O/c1-11-6-7-14(19-13(11)10-16)17-9-8-15(20)18-12-4-2-3-5-12/h6-7,12H,2-5,8-9H2,1H3,(H,17,19)(H,18,20). The molecule has 2 rings (SSSR count). The molecule has 2 N–H and O–H groups in total. The van der Waals surface area contributed by atoms with Crippen LogP contribution in [0, 0.1) is 18.3 Å². The zero-order valence-electron chi connectivity index (χ0n) is 11.8. The molecule has 1 aromatic heterocycles. The van der Waals surface area contributed by atoms with Crippen LogP contribution in [0.5, 0.6) is 0 Å². The van der Waals surface area contributed by atoms with Gasteiger partial charge in [0.15, 0.2) is 0 Å². The van der Waals surface area contributed by atoms with Crippen LogP contribution in [0.2, 0.25) is 0 Å². The van der Waals surface area contributed by atoms with Crippen LogP contribution < -0.4 is 10.6 Å². The lowest BCUT2D eigenvalue weighted by Gasteiger charge is -2.12. The smallest absolute Gasteiger partial charge is 0.221 e. The van der Waals surface area contributed by atoms with Crippen LogP contribution in [0.3, 0.4) is 0 Å². The number of pyridine rings is 1. The SMILES string of the molecule is Cc1ccc(NCCC(=O)NC2CCCC2)nc1C#N. The molecule has 1 saturated carbocycles. The Balaban J connectivity index is 1.75. The van der Waals surface area contributed by atoms with Gasteiger partial charge in [-0.05, 0) is 31.4 Å². The summed E-state index contributed by atoms with van der Waals surface area (Å²) < 4.78 is 0. The van der Waals surface area contributed by atoms with Crippen molar-refractivity contribution in [1.82, 2.24) is 10.3 Å². The zero-order valence-corrected chi connectivity index (χ0v) is 11.8. The monoisotopic (exact) mass is 272 g/mol. The molecule has 1 aliphatic carbocycles. The van der Waals surface area contributed by atoms with Gasteiger partial charge in [0.2, 0.25) is 5.91 Å². The lowest BCUT2D eigenvalue weighted by Crippen LogP contribution is -2.33. The van der Waals surface area contributed by atoms with Gasteiger partial charge in [-0.1, -0.05) is 18.9 Å². The fourth-order valence-electron chi connectivity index (χ4n) is 2.41. The lowest BCUT2D eigenvalue weighted by molar-refractivity contribution is -0.121. The molecule has 1 heterocycles. The normalized spacial score (nSPS) is 14.8. The van der Waals surface area contributed by atoms with Crippen molar-refractivity contribution in [3.05, 3.63) is 23.4 Å². The van der Waals surface area contributed by atoms with Crippen molar-refractivity contribution in [2.24, 2.45) is 0 Å². The van der Waals surface area contributed by atoms with Gasteiger partial charge in [0.05, 0.1) is 0 Å². The number of hydrogen-bond acceptors (Lipinski definition) is 4. The van der Waals surface area contributed by atoms with Crippen LogP contribution in [-0.2, 0) is 4.79 Å². The number of amides is 1. The Morgan fingerprint density at radius 3 is 2.90 bits per heavy atom. The summed E-state index contributed by atoms with van der Waals surface area (Å²) >= 11 is 0. The number of nitriles is 1. The van der Waals surface area contributed by atoms with Crippen LogP contribution in [0.15, 0.2) is 12.1 Å². The van der Waals surface area contributed by atoms with E-state index in [2.05, 4.69) is 21.7 Å². The third-order valence-electron chi connectivity index (χ3n) is 3.58. The van der Waals surface area contributed by atoms with Crippen molar-refractivity contribution >= 4 is 11.7 Å². The average molecular weight is 272 g/mol. The number of hydrogen-bond donors (Lipinski definition) is 2. The van der Waals surface area contributed by atoms with Crippen molar-refractivity contribution in [2.75, 3.05) is 11.9 Å². The van der Waals surface area contributed by atoms with Gasteiger partial charge in [-0.2, -0.15) is 5.26 Å². The summed E-state index contributed by atoms with van der Waals surface area (Å²) in [4.78, 5) is 15.9. The first-order valence-corrected chi connectivity index (χ1v) is 7.10. The maximum atomic E-state index is 11.7. The highest BCUT2D eigenvalue weighted by atomic mass is 16.1. The Morgan fingerprint density at radius 1 is 1.45 bits per heavy atom. The maximum absolute atomic E-state index is 11.7.